The number of rotatable bonds is 1. The van der Waals surface area contributed by atoms with Crippen molar-refractivity contribution in [1.82, 2.24) is 0 Å². The van der Waals surface area contributed by atoms with Crippen LogP contribution in [-0.4, -0.2) is 0 Å². The molecular formula is C6H4FN3. The Hall–Kier alpha value is -1.54. The lowest BCUT2D eigenvalue weighted by Gasteiger charge is -1.87. The quantitative estimate of drug-likeness (QED) is 0.324. The number of nitrogens with zero attached hydrogens (tertiary/aromatic N) is 3. The summed E-state index contributed by atoms with van der Waals surface area (Å²) < 4.78 is 12.2. The van der Waals surface area contributed by atoms with Crippen molar-refractivity contribution in [3.8, 4) is 0 Å². The van der Waals surface area contributed by atoms with E-state index in [1.165, 1.54) is 24.3 Å². The van der Waals surface area contributed by atoms with Crippen molar-refractivity contribution in [2.75, 3.05) is 0 Å². The van der Waals surface area contributed by atoms with Crippen LogP contribution in [0.15, 0.2) is 29.4 Å². The van der Waals surface area contributed by atoms with Gasteiger partial charge in [-0.25, -0.2) is 4.39 Å². The van der Waals surface area contributed by atoms with Crippen molar-refractivity contribution >= 4 is 5.69 Å². The fourth-order valence-corrected chi connectivity index (χ4v) is 0.559. The van der Waals surface area contributed by atoms with Gasteiger partial charge in [0.1, 0.15) is 5.82 Å². The summed E-state index contributed by atoms with van der Waals surface area (Å²) in [7, 11) is 0. The predicted molar refractivity (Wildman–Crippen MR) is 35.2 cm³/mol. The minimum atomic E-state index is -0.336. The van der Waals surface area contributed by atoms with Crippen molar-refractivity contribution in [2.24, 2.45) is 5.11 Å². The normalized spacial score (nSPS) is 8.50. The van der Waals surface area contributed by atoms with E-state index in [9.17, 15) is 4.39 Å². The van der Waals surface area contributed by atoms with E-state index in [1.54, 1.807) is 0 Å². The van der Waals surface area contributed by atoms with Crippen LogP contribution < -0.4 is 0 Å². The van der Waals surface area contributed by atoms with Crippen molar-refractivity contribution in [2.45, 2.75) is 0 Å². The van der Waals surface area contributed by atoms with Crippen LogP contribution in [0.1, 0.15) is 0 Å². The van der Waals surface area contributed by atoms with E-state index in [-0.39, 0.29) is 5.82 Å². The maximum Gasteiger partial charge on any atom is 0.123 e. The fourth-order valence-electron chi connectivity index (χ4n) is 0.559. The Morgan fingerprint density at radius 2 is 1.90 bits per heavy atom. The Labute approximate surface area is 56.7 Å². The van der Waals surface area contributed by atoms with Crippen molar-refractivity contribution < 1.29 is 4.39 Å². The van der Waals surface area contributed by atoms with Gasteiger partial charge < -0.3 is 0 Å². The second kappa shape index (κ2) is 2.85. The van der Waals surface area contributed by atoms with Crippen LogP contribution >= 0.6 is 0 Å². The molecule has 0 radical (unpaired) electrons. The molecule has 0 saturated heterocycles. The van der Waals surface area contributed by atoms with Crippen LogP contribution in [0.4, 0.5) is 10.1 Å². The van der Waals surface area contributed by atoms with Crippen LogP contribution in [0, 0.1) is 5.82 Å². The molecule has 1 aromatic rings. The summed E-state index contributed by atoms with van der Waals surface area (Å²) >= 11 is 0. The highest BCUT2D eigenvalue weighted by atomic mass is 19.1. The number of azide groups is 1. The zero-order valence-corrected chi connectivity index (χ0v) is 5.03. The third-order valence-corrected chi connectivity index (χ3v) is 0.987. The Morgan fingerprint density at radius 1 is 1.30 bits per heavy atom. The summed E-state index contributed by atoms with van der Waals surface area (Å²) in [6.07, 6.45) is 0. The van der Waals surface area contributed by atoms with E-state index in [0.29, 0.717) is 5.69 Å². The first-order valence-corrected chi connectivity index (χ1v) is 2.63. The van der Waals surface area contributed by atoms with Crippen LogP contribution in [0.3, 0.4) is 0 Å². The molecule has 50 valence electrons. The molecule has 0 amide bonds. The minimum Gasteiger partial charge on any atom is -0.207 e. The molecule has 0 aliphatic carbocycles. The third kappa shape index (κ3) is 1.47. The first-order chi connectivity index (χ1) is 4.83. The van der Waals surface area contributed by atoms with Crippen LogP contribution in [0.2, 0.25) is 0 Å². The van der Waals surface area contributed by atoms with E-state index in [0.717, 1.165) is 0 Å². The zero-order valence-electron chi connectivity index (χ0n) is 5.03. The highest BCUT2D eigenvalue weighted by Gasteiger charge is 1.87. The molecule has 0 N–H and O–H groups in total. The van der Waals surface area contributed by atoms with Gasteiger partial charge in [0.05, 0.1) is 0 Å². The van der Waals surface area contributed by atoms with Crippen LogP contribution in [-0.2, 0) is 0 Å². The molecule has 0 aliphatic rings. The fraction of sp³-hybridized carbons (Fsp3) is 0. The van der Waals surface area contributed by atoms with Gasteiger partial charge in [-0.1, -0.05) is 5.11 Å². The molecule has 0 aromatic heterocycles. The SMILES string of the molecule is [N-]=[N+]=Nc1ccc(F)cc1. The number of hydrogen-bond donors (Lipinski definition) is 0. The third-order valence-electron chi connectivity index (χ3n) is 0.987. The molecule has 0 bridgehead atoms. The van der Waals surface area contributed by atoms with Crippen molar-refractivity contribution in [1.29, 1.82) is 0 Å². The van der Waals surface area contributed by atoms with Gasteiger partial charge in [0.15, 0.2) is 0 Å². The first kappa shape index (κ1) is 6.58. The van der Waals surface area contributed by atoms with Crippen LogP contribution in [0.5, 0.6) is 0 Å². The maximum absolute atomic E-state index is 12.2. The van der Waals surface area contributed by atoms with Gasteiger partial charge in [0, 0.05) is 10.6 Å². The van der Waals surface area contributed by atoms with E-state index < -0.39 is 0 Å². The van der Waals surface area contributed by atoms with Gasteiger partial charge in [0.2, 0.25) is 0 Å². The first-order valence-electron chi connectivity index (χ1n) is 2.63. The van der Waals surface area contributed by atoms with Gasteiger partial charge in [-0.2, -0.15) is 0 Å². The highest BCUT2D eigenvalue weighted by Crippen LogP contribution is 2.11. The van der Waals surface area contributed by atoms with Gasteiger partial charge in [-0.15, -0.1) is 0 Å². The Bertz CT molecular complexity index is 261. The summed E-state index contributed by atoms with van der Waals surface area (Å²) in [6.45, 7) is 0. The second-order valence-corrected chi connectivity index (χ2v) is 1.67. The summed E-state index contributed by atoms with van der Waals surface area (Å²) in [6, 6.07) is 5.30. The molecule has 1 rings (SSSR count). The maximum atomic E-state index is 12.2. The van der Waals surface area contributed by atoms with E-state index in [1.807, 2.05) is 0 Å². The molecule has 0 atom stereocenters. The van der Waals surface area contributed by atoms with Crippen molar-refractivity contribution in [3.63, 3.8) is 0 Å². The molecule has 0 saturated carbocycles. The Balaban J connectivity index is 3.00. The average molecular weight is 137 g/mol. The molecule has 0 fully saturated rings. The number of benzene rings is 1. The lowest BCUT2D eigenvalue weighted by atomic mass is 10.3. The Kier molecular flexibility index (Phi) is 1.87. The molecule has 1 aromatic carbocycles. The molecule has 10 heavy (non-hydrogen) atoms. The lowest BCUT2D eigenvalue weighted by molar-refractivity contribution is 0.628. The summed E-state index contributed by atoms with van der Waals surface area (Å²) in [5.74, 6) is -0.336. The number of hydrogen-bond acceptors (Lipinski definition) is 1. The molecule has 3 nitrogen and oxygen atoms in total. The molecular weight excluding hydrogens is 133 g/mol. The second-order valence-electron chi connectivity index (χ2n) is 1.67. The monoisotopic (exact) mass is 137 g/mol. The molecule has 0 heterocycles. The predicted octanol–water partition coefficient (Wildman–Crippen LogP) is 2.77. The summed E-state index contributed by atoms with van der Waals surface area (Å²) in [5.41, 5.74) is 8.37. The van der Waals surface area contributed by atoms with Gasteiger partial charge in [-0.05, 0) is 29.8 Å². The van der Waals surface area contributed by atoms with Gasteiger partial charge in [0.25, 0.3) is 0 Å². The molecule has 0 unspecified atom stereocenters. The summed E-state index contributed by atoms with van der Waals surface area (Å²) in [5, 5.41) is 3.26. The lowest BCUT2D eigenvalue weighted by Crippen LogP contribution is -1.67. The highest BCUT2D eigenvalue weighted by molar-refractivity contribution is 5.35. The van der Waals surface area contributed by atoms with Crippen molar-refractivity contribution in [3.05, 3.63) is 40.5 Å². The van der Waals surface area contributed by atoms with E-state index >= 15 is 0 Å². The number of halogens is 1. The van der Waals surface area contributed by atoms with Crippen LogP contribution in [0.25, 0.3) is 10.4 Å². The van der Waals surface area contributed by atoms with E-state index in [4.69, 9.17) is 5.53 Å². The van der Waals surface area contributed by atoms with E-state index in [2.05, 4.69) is 10.0 Å². The largest absolute Gasteiger partial charge is 0.207 e. The molecule has 0 spiro atoms. The van der Waals surface area contributed by atoms with Gasteiger partial charge >= 0.3 is 0 Å². The smallest absolute Gasteiger partial charge is 0.123 e. The standard InChI is InChI=1S/C6H4FN3/c7-5-1-3-6(4-2-5)9-10-8/h1-4H. The minimum absolute atomic E-state index is 0.336. The molecule has 0 aliphatic heterocycles. The average Bonchev–Trinajstić information content (AvgIpc) is 1.95. The summed E-state index contributed by atoms with van der Waals surface area (Å²) in [4.78, 5) is 2.54. The van der Waals surface area contributed by atoms with Gasteiger partial charge in [-0.3, -0.25) is 0 Å². The topological polar surface area (TPSA) is 48.8 Å². The molecule has 4 heteroatoms. The Morgan fingerprint density at radius 3 is 2.40 bits per heavy atom. The zero-order chi connectivity index (χ0) is 7.40.